The number of nitrogens with zero attached hydrogens (tertiary/aromatic N) is 3. The Hall–Kier alpha value is -1.35. The van der Waals surface area contributed by atoms with Crippen LogP contribution in [0.2, 0.25) is 10.0 Å². The van der Waals surface area contributed by atoms with Crippen LogP contribution < -0.4 is 9.73 Å². The van der Waals surface area contributed by atoms with Crippen molar-refractivity contribution >= 4 is 50.5 Å². The molecule has 1 aliphatic rings. The molecule has 2 rings (SSSR count). The fourth-order valence-electron chi connectivity index (χ4n) is 2.38. The second-order valence-electron chi connectivity index (χ2n) is 5.91. The fraction of sp³-hybridized carbons (Fsp3) is 0.467. The largest absolute Gasteiger partial charge is 0.306 e. The van der Waals surface area contributed by atoms with Crippen LogP contribution in [0.4, 0.5) is 5.69 Å². The highest BCUT2D eigenvalue weighted by Crippen LogP contribution is 2.26. The quantitative estimate of drug-likeness (QED) is 0.757. The van der Waals surface area contributed by atoms with Crippen LogP contribution in [-0.2, 0) is 14.8 Å². The SMILES string of the molecule is CN1CCC(=NNC(=O)CN(c2cc(Cl)cc(Cl)c2)S(C)(=O)=O)CC1. The highest BCUT2D eigenvalue weighted by molar-refractivity contribution is 7.92. The molecule has 25 heavy (non-hydrogen) atoms. The monoisotopic (exact) mass is 406 g/mol. The zero-order chi connectivity index (χ0) is 18.6. The van der Waals surface area contributed by atoms with Crippen LogP contribution in [0.5, 0.6) is 0 Å². The van der Waals surface area contributed by atoms with Crippen molar-refractivity contribution in [2.24, 2.45) is 5.10 Å². The van der Waals surface area contributed by atoms with Crippen LogP contribution >= 0.6 is 23.2 Å². The van der Waals surface area contributed by atoms with Crippen molar-refractivity contribution in [3.63, 3.8) is 0 Å². The Morgan fingerprint density at radius 2 is 1.80 bits per heavy atom. The van der Waals surface area contributed by atoms with Crippen molar-refractivity contribution < 1.29 is 13.2 Å². The van der Waals surface area contributed by atoms with Crippen LogP contribution in [0.1, 0.15) is 12.8 Å². The summed E-state index contributed by atoms with van der Waals surface area (Å²) in [6.07, 6.45) is 2.56. The van der Waals surface area contributed by atoms with Gasteiger partial charge in [0.05, 0.1) is 11.9 Å². The molecule has 10 heteroatoms. The number of carbonyl (C=O) groups excluding carboxylic acids is 1. The van der Waals surface area contributed by atoms with E-state index in [4.69, 9.17) is 23.2 Å². The summed E-state index contributed by atoms with van der Waals surface area (Å²) < 4.78 is 25.0. The third-order valence-electron chi connectivity index (χ3n) is 3.73. The average molecular weight is 407 g/mol. The number of likely N-dealkylation sites (tertiary alicyclic amines) is 1. The molecular weight excluding hydrogens is 387 g/mol. The van der Waals surface area contributed by atoms with E-state index >= 15 is 0 Å². The van der Waals surface area contributed by atoms with E-state index < -0.39 is 22.5 Å². The number of anilines is 1. The molecule has 7 nitrogen and oxygen atoms in total. The molecule has 0 saturated carbocycles. The predicted molar refractivity (Wildman–Crippen MR) is 101 cm³/mol. The number of piperidine rings is 1. The molecule has 1 fully saturated rings. The number of benzene rings is 1. The van der Waals surface area contributed by atoms with Gasteiger partial charge in [-0.05, 0) is 25.2 Å². The van der Waals surface area contributed by atoms with Gasteiger partial charge < -0.3 is 4.90 Å². The normalized spacial score (nSPS) is 15.8. The van der Waals surface area contributed by atoms with Crippen molar-refractivity contribution in [2.45, 2.75) is 12.8 Å². The van der Waals surface area contributed by atoms with Gasteiger partial charge >= 0.3 is 0 Å². The molecular formula is C15H20Cl2N4O3S. The van der Waals surface area contributed by atoms with Crippen molar-refractivity contribution in [3.8, 4) is 0 Å². The van der Waals surface area contributed by atoms with E-state index in [0.29, 0.717) is 0 Å². The second-order valence-corrected chi connectivity index (χ2v) is 8.69. The molecule has 0 unspecified atom stereocenters. The molecule has 1 aromatic rings. The van der Waals surface area contributed by atoms with E-state index in [9.17, 15) is 13.2 Å². The van der Waals surface area contributed by atoms with E-state index in [-0.39, 0.29) is 15.7 Å². The van der Waals surface area contributed by atoms with E-state index in [1.807, 2.05) is 7.05 Å². The minimum atomic E-state index is -3.70. The number of amides is 1. The van der Waals surface area contributed by atoms with Crippen LogP contribution in [-0.4, -0.2) is 57.9 Å². The highest BCUT2D eigenvalue weighted by atomic mass is 35.5. The maximum absolute atomic E-state index is 12.1. The second kappa shape index (κ2) is 8.35. The molecule has 1 saturated heterocycles. The first-order valence-corrected chi connectivity index (χ1v) is 10.2. The molecule has 1 aromatic carbocycles. The molecule has 0 bridgehead atoms. The zero-order valence-corrected chi connectivity index (χ0v) is 16.3. The van der Waals surface area contributed by atoms with Gasteiger partial charge in [0.2, 0.25) is 10.0 Å². The lowest BCUT2D eigenvalue weighted by atomic mass is 10.1. The maximum atomic E-state index is 12.1. The van der Waals surface area contributed by atoms with E-state index in [1.165, 1.54) is 18.2 Å². The molecule has 1 N–H and O–H groups in total. The number of nitrogens with one attached hydrogen (secondary N) is 1. The summed E-state index contributed by atoms with van der Waals surface area (Å²) in [5, 5.41) is 4.66. The number of carbonyl (C=O) groups is 1. The molecule has 1 heterocycles. The Kier molecular flexibility index (Phi) is 6.67. The number of hydrogen-bond acceptors (Lipinski definition) is 5. The van der Waals surface area contributed by atoms with Gasteiger partial charge in [-0.25, -0.2) is 13.8 Å². The number of hydrogen-bond donors (Lipinski definition) is 1. The molecule has 1 amide bonds. The molecule has 0 aliphatic carbocycles. The van der Waals surface area contributed by atoms with Crippen molar-refractivity contribution in [1.82, 2.24) is 10.3 Å². The molecule has 0 aromatic heterocycles. The van der Waals surface area contributed by atoms with Gasteiger partial charge in [0, 0.05) is 41.7 Å². The van der Waals surface area contributed by atoms with Crippen LogP contribution in [0.25, 0.3) is 0 Å². The molecule has 0 atom stereocenters. The Balaban J connectivity index is 2.09. The summed E-state index contributed by atoms with van der Waals surface area (Å²) in [6.45, 7) is 1.35. The Labute approximate surface area is 157 Å². The molecule has 0 radical (unpaired) electrons. The van der Waals surface area contributed by atoms with E-state index in [1.54, 1.807) is 0 Å². The molecule has 0 spiro atoms. The number of halogens is 2. The first-order chi connectivity index (χ1) is 11.6. The van der Waals surface area contributed by atoms with Gasteiger partial charge in [0.1, 0.15) is 6.54 Å². The van der Waals surface area contributed by atoms with Crippen LogP contribution in [0.3, 0.4) is 0 Å². The Morgan fingerprint density at radius 3 is 2.32 bits per heavy atom. The van der Waals surface area contributed by atoms with Gasteiger partial charge in [0.25, 0.3) is 5.91 Å². The maximum Gasteiger partial charge on any atom is 0.260 e. The zero-order valence-electron chi connectivity index (χ0n) is 14.0. The lowest BCUT2D eigenvalue weighted by Crippen LogP contribution is -2.39. The number of hydrazone groups is 1. The van der Waals surface area contributed by atoms with E-state index in [2.05, 4.69) is 15.4 Å². The van der Waals surface area contributed by atoms with E-state index in [0.717, 1.165) is 42.2 Å². The smallest absolute Gasteiger partial charge is 0.260 e. The number of rotatable bonds is 5. The minimum absolute atomic E-state index is 0.224. The minimum Gasteiger partial charge on any atom is -0.306 e. The third-order valence-corrected chi connectivity index (χ3v) is 5.30. The third kappa shape index (κ3) is 6.14. The van der Waals surface area contributed by atoms with Crippen molar-refractivity contribution in [1.29, 1.82) is 0 Å². The summed E-state index contributed by atoms with van der Waals surface area (Å²) in [5.74, 6) is -0.534. The van der Waals surface area contributed by atoms with Gasteiger partial charge in [-0.2, -0.15) is 5.10 Å². The van der Waals surface area contributed by atoms with Gasteiger partial charge in [-0.15, -0.1) is 0 Å². The summed E-state index contributed by atoms with van der Waals surface area (Å²) in [7, 11) is -1.67. The molecule has 138 valence electrons. The summed E-state index contributed by atoms with van der Waals surface area (Å²) >= 11 is 11.8. The number of sulfonamides is 1. The highest BCUT2D eigenvalue weighted by Gasteiger charge is 2.22. The topological polar surface area (TPSA) is 82.1 Å². The predicted octanol–water partition coefficient (Wildman–Crippen LogP) is 1.96. The summed E-state index contributed by atoms with van der Waals surface area (Å²) in [5.41, 5.74) is 3.54. The lowest BCUT2D eigenvalue weighted by Gasteiger charge is -2.23. The van der Waals surface area contributed by atoms with Crippen molar-refractivity contribution in [3.05, 3.63) is 28.2 Å². The van der Waals surface area contributed by atoms with Crippen molar-refractivity contribution in [2.75, 3.05) is 37.2 Å². The van der Waals surface area contributed by atoms with Gasteiger partial charge in [0.15, 0.2) is 0 Å². The van der Waals surface area contributed by atoms with Crippen LogP contribution in [0.15, 0.2) is 23.3 Å². The lowest BCUT2D eigenvalue weighted by molar-refractivity contribution is -0.119. The standard InChI is InChI=1S/C15H20Cl2N4O3S/c1-20-5-3-13(4-6-20)18-19-15(22)10-21(25(2,23)24)14-8-11(16)7-12(17)9-14/h7-9H,3-6,10H2,1-2H3,(H,19,22). The van der Waals surface area contributed by atoms with Gasteiger partial charge in [-0.3, -0.25) is 9.10 Å². The average Bonchev–Trinajstić information content (AvgIpc) is 2.50. The van der Waals surface area contributed by atoms with Gasteiger partial charge in [-0.1, -0.05) is 23.2 Å². The summed E-state index contributed by atoms with van der Waals surface area (Å²) in [4.78, 5) is 14.3. The summed E-state index contributed by atoms with van der Waals surface area (Å²) in [6, 6.07) is 4.36. The van der Waals surface area contributed by atoms with Crippen LogP contribution in [0, 0.1) is 0 Å². The first-order valence-electron chi connectivity index (χ1n) is 7.62. The Morgan fingerprint density at radius 1 is 1.24 bits per heavy atom. The molecule has 1 aliphatic heterocycles. The fourth-order valence-corrected chi connectivity index (χ4v) is 3.73. The Bertz CT molecular complexity index is 753. The first kappa shape index (κ1) is 20.0.